The smallest absolute Gasteiger partial charge is 0.335 e. The quantitative estimate of drug-likeness (QED) is 0.244. The van der Waals surface area contributed by atoms with Crippen LogP contribution in [-0.2, 0) is 32.3 Å². The van der Waals surface area contributed by atoms with Crippen molar-refractivity contribution in [3.05, 3.63) is 104 Å². The fourth-order valence-electron chi connectivity index (χ4n) is 4.99. The second-order valence-corrected chi connectivity index (χ2v) is 10.2. The lowest BCUT2D eigenvalue weighted by Gasteiger charge is -2.19. The van der Waals surface area contributed by atoms with Crippen LogP contribution in [0.25, 0.3) is 0 Å². The van der Waals surface area contributed by atoms with Crippen molar-refractivity contribution in [1.82, 2.24) is 14.0 Å². The number of aryl methyl sites for hydroxylation is 1. The Hall–Kier alpha value is -3.90. The zero-order valence-corrected chi connectivity index (χ0v) is 23.1. The van der Waals surface area contributed by atoms with Crippen molar-refractivity contribution in [1.29, 1.82) is 0 Å². The molecule has 0 bridgehead atoms. The van der Waals surface area contributed by atoms with E-state index in [0.717, 1.165) is 10.1 Å². The number of ether oxygens (including phenoxy) is 4. The van der Waals surface area contributed by atoms with E-state index in [1.54, 1.807) is 31.2 Å². The summed E-state index contributed by atoms with van der Waals surface area (Å²) in [4.78, 5) is 51.9. The number of carbonyl (C=O) groups excluding carboxylic acids is 2. The zero-order chi connectivity index (χ0) is 28.9. The van der Waals surface area contributed by atoms with Gasteiger partial charge in [0, 0.05) is 24.1 Å². The molecule has 2 amide bonds. The molecule has 0 aliphatic carbocycles. The third-order valence-corrected chi connectivity index (χ3v) is 7.19. The van der Waals surface area contributed by atoms with Crippen molar-refractivity contribution in [3.63, 3.8) is 0 Å². The summed E-state index contributed by atoms with van der Waals surface area (Å²) in [5.74, 6) is -0.645. The third-order valence-electron chi connectivity index (χ3n) is 7.19. The van der Waals surface area contributed by atoms with Gasteiger partial charge in [-0.1, -0.05) is 49.4 Å². The Morgan fingerprint density at radius 2 is 1.56 bits per heavy atom. The van der Waals surface area contributed by atoms with Crippen LogP contribution in [0, 0.1) is 12.8 Å². The lowest BCUT2D eigenvalue weighted by atomic mass is 10.1. The highest BCUT2D eigenvalue weighted by atomic mass is 16.7. The maximum atomic E-state index is 13.2. The van der Waals surface area contributed by atoms with Gasteiger partial charge >= 0.3 is 5.69 Å². The highest BCUT2D eigenvalue weighted by Gasteiger charge is 2.36. The summed E-state index contributed by atoms with van der Waals surface area (Å²) in [6.45, 7) is 4.51. The number of hydrogen-bond donors (Lipinski definition) is 0. The van der Waals surface area contributed by atoms with E-state index in [9.17, 15) is 19.2 Å². The number of nitrogens with zero attached hydrogens (tertiary/aromatic N) is 3. The van der Waals surface area contributed by atoms with E-state index in [-0.39, 0.29) is 57.4 Å². The fraction of sp³-hybridized carbons (Fsp3) is 0.400. The molecule has 0 N–H and O–H groups in total. The van der Waals surface area contributed by atoms with Gasteiger partial charge in [0.1, 0.15) is 13.0 Å². The van der Waals surface area contributed by atoms with Gasteiger partial charge in [-0.2, -0.15) is 0 Å². The van der Waals surface area contributed by atoms with Crippen LogP contribution in [0.3, 0.4) is 0 Å². The molecular formula is C30H33N3O8. The van der Waals surface area contributed by atoms with Crippen LogP contribution in [0.2, 0.25) is 0 Å². The second-order valence-electron chi connectivity index (χ2n) is 10.2. The SMILES string of the molecule is Cc1cn(C2C[C@H](C)C(OCCOCCN3C(=O)c4ccccc4C3=O)O2)c(=O)n(COCc2ccccc2)c1=O. The average molecular weight is 564 g/mol. The lowest BCUT2D eigenvalue weighted by molar-refractivity contribution is -0.169. The normalized spacial score (nSPS) is 20.1. The molecule has 3 aromatic rings. The zero-order valence-electron chi connectivity index (χ0n) is 23.1. The van der Waals surface area contributed by atoms with Gasteiger partial charge in [0.15, 0.2) is 6.29 Å². The largest absolute Gasteiger partial charge is 0.377 e. The van der Waals surface area contributed by atoms with E-state index in [1.807, 2.05) is 37.3 Å². The van der Waals surface area contributed by atoms with Crippen molar-refractivity contribution >= 4 is 11.8 Å². The minimum atomic E-state index is -0.600. The Morgan fingerprint density at radius 3 is 2.27 bits per heavy atom. The average Bonchev–Trinajstić information content (AvgIpc) is 3.46. The summed E-state index contributed by atoms with van der Waals surface area (Å²) in [6, 6.07) is 16.3. The summed E-state index contributed by atoms with van der Waals surface area (Å²) in [7, 11) is 0. The highest BCUT2D eigenvalue weighted by molar-refractivity contribution is 6.21. The predicted molar refractivity (Wildman–Crippen MR) is 147 cm³/mol. The van der Waals surface area contributed by atoms with Gasteiger partial charge in [-0.05, 0) is 24.6 Å². The first-order valence-corrected chi connectivity index (χ1v) is 13.6. The van der Waals surface area contributed by atoms with Crippen molar-refractivity contribution in [3.8, 4) is 0 Å². The van der Waals surface area contributed by atoms with E-state index >= 15 is 0 Å². The lowest BCUT2D eigenvalue weighted by Crippen LogP contribution is -2.42. The maximum Gasteiger partial charge on any atom is 0.335 e. The summed E-state index contributed by atoms with van der Waals surface area (Å²) >= 11 is 0. The third kappa shape index (κ3) is 6.23. The van der Waals surface area contributed by atoms with Crippen LogP contribution >= 0.6 is 0 Å². The standard InChI is InChI=1S/C30H33N3O8/c1-20-16-25(32-17-21(2)26(34)33(30(32)37)19-39-18-22-8-4-3-5-9-22)41-29(20)40-15-14-38-13-12-31-27(35)23-10-6-7-11-24(23)28(31)36/h3-11,17,20,25,29H,12-16,18-19H2,1-2H3/t20-,25?,29?/m0/s1. The molecule has 5 rings (SSSR count). The van der Waals surface area contributed by atoms with Gasteiger partial charge < -0.3 is 18.9 Å². The summed E-state index contributed by atoms with van der Waals surface area (Å²) < 4.78 is 25.7. The minimum absolute atomic E-state index is 0.0136. The van der Waals surface area contributed by atoms with Crippen molar-refractivity contribution in [2.24, 2.45) is 5.92 Å². The summed E-state index contributed by atoms with van der Waals surface area (Å²) in [6.07, 6.45) is 0.868. The summed E-state index contributed by atoms with van der Waals surface area (Å²) in [5, 5.41) is 0. The molecule has 2 aromatic carbocycles. The van der Waals surface area contributed by atoms with Crippen molar-refractivity contribution in [2.45, 2.75) is 46.1 Å². The van der Waals surface area contributed by atoms with E-state index in [2.05, 4.69) is 0 Å². The molecule has 2 unspecified atom stereocenters. The van der Waals surface area contributed by atoms with Crippen LogP contribution in [0.4, 0.5) is 0 Å². The van der Waals surface area contributed by atoms with Gasteiger partial charge in [0.2, 0.25) is 0 Å². The molecule has 3 atom stereocenters. The molecule has 11 nitrogen and oxygen atoms in total. The Morgan fingerprint density at radius 1 is 0.878 bits per heavy atom. The summed E-state index contributed by atoms with van der Waals surface area (Å²) in [5.41, 5.74) is 1.24. The van der Waals surface area contributed by atoms with Crippen molar-refractivity contribution < 1.29 is 28.5 Å². The Bertz CT molecular complexity index is 1480. The first kappa shape index (κ1) is 28.6. The van der Waals surface area contributed by atoms with E-state index in [4.69, 9.17) is 18.9 Å². The second kappa shape index (κ2) is 12.7. The molecule has 1 aromatic heterocycles. The van der Waals surface area contributed by atoms with Gasteiger partial charge in [0.25, 0.3) is 17.4 Å². The number of amides is 2. The predicted octanol–water partition coefficient (Wildman–Crippen LogP) is 2.70. The number of rotatable bonds is 12. The Balaban J connectivity index is 1.09. The Kier molecular flexibility index (Phi) is 8.89. The van der Waals surface area contributed by atoms with E-state index in [1.165, 1.54) is 15.7 Å². The van der Waals surface area contributed by atoms with Crippen molar-refractivity contribution in [2.75, 3.05) is 26.4 Å². The van der Waals surface area contributed by atoms with Crippen LogP contribution in [0.1, 0.15) is 51.4 Å². The van der Waals surface area contributed by atoms with E-state index in [0.29, 0.717) is 23.1 Å². The maximum absolute atomic E-state index is 13.2. The number of fused-ring (bicyclic) bond motifs is 1. The molecular weight excluding hydrogens is 530 g/mol. The van der Waals surface area contributed by atoms with Gasteiger partial charge in [-0.25, -0.2) is 9.36 Å². The fourth-order valence-corrected chi connectivity index (χ4v) is 4.99. The number of carbonyl (C=O) groups is 2. The Labute approximate surface area is 236 Å². The van der Waals surface area contributed by atoms with Crippen LogP contribution in [-0.4, -0.2) is 58.5 Å². The first-order chi connectivity index (χ1) is 19.8. The van der Waals surface area contributed by atoms with Gasteiger partial charge in [0.05, 0.1) is 44.1 Å². The first-order valence-electron chi connectivity index (χ1n) is 13.6. The number of imide groups is 1. The molecule has 41 heavy (non-hydrogen) atoms. The monoisotopic (exact) mass is 563 g/mol. The molecule has 1 fully saturated rings. The number of benzene rings is 2. The number of hydrogen-bond acceptors (Lipinski definition) is 8. The van der Waals surface area contributed by atoms with Crippen LogP contribution in [0.15, 0.2) is 70.4 Å². The molecule has 0 radical (unpaired) electrons. The van der Waals surface area contributed by atoms with Gasteiger partial charge in [-0.3, -0.25) is 23.9 Å². The highest BCUT2D eigenvalue weighted by Crippen LogP contribution is 2.33. The molecule has 3 heterocycles. The van der Waals surface area contributed by atoms with E-state index < -0.39 is 23.8 Å². The molecule has 11 heteroatoms. The molecule has 0 saturated carbocycles. The molecule has 216 valence electrons. The minimum Gasteiger partial charge on any atom is -0.377 e. The molecule has 2 aliphatic heterocycles. The van der Waals surface area contributed by atoms with Gasteiger partial charge in [-0.15, -0.1) is 0 Å². The van der Waals surface area contributed by atoms with Crippen LogP contribution in [0.5, 0.6) is 0 Å². The molecule has 1 saturated heterocycles. The van der Waals surface area contributed by atoms with Crippen LogP contribution < -0.4 is 11.2 Å². The topological polar surface area (TPSA) is 118 Å². The molecule has 0 spiro atoms. The number of aromatic nitrogens is 2. The molecule has 2 aliphatic rings.